The van der Waals surface area contributed by atoms with E-state index in [-0.39, 0.29) is 18.2 Å². The standard InChI is InChI=1S/C8H8N4O3/c13-2-1-5-3-9-8-10-6(7(14)15)11-12(8)4-5/h3-4,13H,1-2H2,(H,14,15). The van der Waals surface area contributed by atoms with Gasteiger partial charge < -0.3 is 10.2 Å². The largest absolute Gasteiger partial charge is 0.475 e. The summed E-state index contributed by atoms with van der Waals surface area (Å²) in [6.45, 7) is 0.00761. The van der Waals surface area contributed by atoms with Crippen LogP contribution in [0.3, 0.4) is 0 Å². The molecule has 0 saturated heterocycles. The predicted molar refractivity (Wildman–Crippen MR) is 48.5 cm³/mol. The third kappa shape index (κ3) is 1.77. The van der Waals surface area contributed by atoms with Gasteiger partial charge in [-0.15, -0.1) is 5.10 Å². The molecule has 2 heterocycles. The molecule has 0 spiro atoms. The van der Waals surface area contributed by atoms with E-state index in [4.69, 9.17) is 10.2 Å². The highest BCUT2D eigenvalue weighted by Gasteiger charge is 2.11. The van der Waals surface area contributed by atoms with Gasteiger partial charge in [-0.3, -0.25) is 0 Å². The molecule has 0 atom stereocenters. The Labute approximate surface area is 84.0 Å². The fourth-order valence-electron chi connectivity index (χ4n) is 1.17. The van der Waals surface area contributed by atoms with Gasteiger partial charge in [-0.25, -0.2) is 14.3 Å². The van der Waals surface area contributed by atoms with Gasteiger partial charge in [0.05, 0.1) is 0 Å². The lowest BCUT2D eigenvalue weighted by Gasteiger charge is -1.96. The number of aromatic carboxylic acids is 1. The smallest absolute Gasteiger partial charge is 0.375 e. The van der Waals surface area contributed by atoms with Crippen molar-refractivity contribution in [2.24, 2.45) is 0 Å². The maximum Gasteiger partial charge on any atom is 0.375 e. The third-order valence-corrected chi connectivity index (χ3v) is 1.84. The van der Waals surface area contributed by atoms with Crippen LogP contribution in [-0.4, -0.2) is 42.4 Å². The maximum absolute atomic E-state index is 10.6. The van der Waals surface area contributed by atoms with Crippen molar-refractivity contribution in [3.8, 4) is 0 Å². The zero-order valence-corrected chi connectivity index (χ0v) is 7.66. The van der Waals surface area contributed by atoms with Crippen molar-refractivity contribution in [2.45, 2.75) is 6.42 Å². The Morgan fingerprint density at radius 3 is 3.00 bits per heavy atom. The van der Waals surface area contributed by atoms with E-state index in [2.05, 4.69) is 15.1 Å². The number of fused-ring (bicyclic) bond motifs is 1. The molecule has 0 bridgehead atoms. The van der Waals surface area contributed by atoms with Crippen LogP contribution in [0.15, 0.2) is 12.4 Å². The van der Waals surface area contributed by atoms with Gasteiger partial charge >= 0.3 is 5.97 Å². The van der Waals surface area contributed by atoms with Crippen molar-refractivity contribution >= 4 is 11.7 Å². The fraction of sp³-hybridized carbons (Fsp3) is 0.250. The number of aliphatic hydroxyl groups excluding tert-OH is 1. The van der Waals surface area contributed by atoms with Crippen LogP contribution < -0.4 is 0 Å². The number of aliphatic hydroxyl groups is 1. The Kier molecular flexibility index (Phi) is 2.30. The highest BCUT2D eigenvalue weighted by molar-refractivity contribution is 5.83. The average Bonchev–Trinajstić information content (AvgIpc) is 2.61. The van der Waals surface area contributed by atoms with Gasteiger partial charge in [-0.05, 0) is 12.0 Å². The number of carboxylic acid groups (broad SMARTS) is 1. The summed E-state index contributed by atoms with van der Waals surface area (Å²) in [7, 11) is 0. The van der Waals surface area contributed by atoms with Crippen molar-refractivity contribution in [1.82, 2.24) is 19.6 Å². The van der Waals surface area contributed by atoms with Gasteiger partial charge in [0.25, 0.3) is 11.6 Å². The van der Waals surface area contributed by atoms with Crippen LogP contribution in [-0.2, 0) is 6.42 Å². The molecule has 78 valence electrons. The van der Waals surface area contributed by atoms with Gasteiger partial charge in [0.2, 0.25) is 0 Å². The molecule has 7 heteroatoms. The molecule has 0 aliphatic carbocycles. The number of hydrogen-bond donors (Lipinski definition) is 2. The number of rotatable bonds is 3. The van der Waals surface area contributed by atoms with Gasteiger partial charge in [-0.2, -0.15) is 4.98 Å². The maximum atomic E-state index is 10.6. The lowest BCUT2D eigenvalue weighted by atomic mass is 10.3. The van der Waals surface area contributed by atoms with Gasteiger partial charge in [0, 0.05) is 19.0 Å². The van der Waals surface area contributed by atoms with Crippen LogP contribution in [0.25, 0.3) is 5.78 Å². The van der Waals surface area contributed by atoms with E-state index in [1.54, 1.807) is 6.20 Å². The van der Waals surface area contributed by atoms with E-state index in [0.29, 0.717) is 6.42 Å². The first-order chi connectivity index (χ1) is 7.20. The summed E-state index contributed by atoms with van der Waals surface area (Å²) in [5.74, 6) is -1.25. The minimum atomic E-state index is -1.19. The van der Waals surface area contributed by atoms with E-state index in [0.717, 1.165) is 5.56 Å². The summed E-state index contributed by atoms with van der Waals surface area (Å²) >= 11 is 0. The van der Waals surface area contributed by atoms with E-state index >= 15 is 0 Å². The van der Waals surface area contributed by atoms with E-state index < -0.39 is 5.97 Å². The normalized spacial score (nSPS) is 10.7. The minimum Gasteiger partial charge on any atom is -0.475 e. The summed E-state index contributed by atoms with van der Waals surface area (Å²) in [6, 6.07) is 0. The summed E-state index contributed by atoms with van der Waals surface area (Å²) < 4.78 is 1.29. The molecule has 0 aliphatic heterocycles. The summed E-state index contributed by atoms with van der Waals surface area (Å²) in [6.07, 6.45) is 3.58. The molecule has 7 nitrogen and oxygen atoms in total. The molecule has 0 radical (unpaired) electrons. The van der Waals surface area contributed by atoms with Crippen molar-refractivity contribution in [1.29, 1.82) is 0 Å². The minimum absolute atomic E-state index is 0.00761. The second-order valence-electron chi connectivity index (χ2n) is 2.92. The molecular weight excluding hydrogens is 200 g/mol. The van der Waals surface area contributed by atoms with Gasteiger partial charge in [0.1, 0.15) is 0 Å². The predicted octanol–water partition coefficient (Wildman–Crippen LogP) is -0.643. The Hall–Kier alpha value is -2.02. The van der Waals surface area contributed by atoms with Crippen molar-refractivity contribution < 1.29 is 15.0 Å². The first kappa shape index (κ1) is 9.53. The van der Waals surface area contributed by atoms with Gasteiger partial charge in [-0.1, -0.05) is 0 Å². The molecule has 0 unspecified atom stereocenters. The Morgan fingerprint density at radius 2 is 2.33 bits per heavy atom. The molecule has 0 amide bonds. The van der Waals surface area contributed by atoms with Crippen LogP contribution in [0, 0.1) is 0 Å². The molecular formula is C8H8N4O3. The second kappa shape index (κ2) is 3.62. The molecule has 15 heavy (non-hydrogen) atoms. The van der Waals surface area contributed by atoms with Crippen molar-refractivity contribution in [2.75, 3.05) is 6.61 Å². The molecule has 0 aromatic carbocycles. The number of carbonyl (C=O) groups is 1. The molecule has 0 aliphatic rings. The number of nitrogens with zero attached hydrogens (tertiary/aromatic N) is 4. The number of aromatic nitrogens is 4. The van der Waals surface area contributed by atoms with Crippen LogP contribution in [0.5, 0.6) is 0 Å². The first-order valence-electron chi connectivity index (χ1n) is 4.26. The topological polar surface area (TPSA) is 101 Å². The van der Waals surface area contributed by atoms with Crippen LogP contribution in [0.1, 0.15) is 16.2 Å². The van der Waals surface area contributed by atoms with Crippen molar-refractivity contribution in [3.63, 3.8) is 0 Å². The van der Waals surface area contributed by atoms with Gasteiger partial charge in [0.15, 0.2) is 0 Å². The number of carboxylic acids is 1. The quantitative estimate of drug-likeness (QED) is 0.695. The van der Waals surface area contributed by atoms with Crippen molar-refractivity contribution in [3.05, 3.63) is 23.8 Å². The summed E-state index contributed by atoms with van der Waals surface area (Å²) in [5.41, 5.74) is 0.770. The SMILES string of the molecule is O=C(O)c1nc2ncc(CCO)cn2n1. The Bertz CT molecular complexity index is 508. The van der Waals surface area contributed by atoms with Crippen LogP contribution >= 0.6 is 0 Å². The lowest BCUT2D eigenvalue weighted by Crippen LogP contribution is -2.00. The average molecular weight is 208 g/mol. The molecule has 2 rings (SSSR count). The molecule has 0 saturated carbocycles. The first-order valence-corrected chi connectivity index (χ1v) is 4.26. The highest BCUT2D eigenvalue weighted by atomic mass is 16.4. The van der Waals surface area contributed by atoms with E-state index in [1.165, 1.54) is 10.7 Å². The zero-order valence-electron chi connectivity index (χ0n) is 7.66. The Morgan fingerprint density at radius 1 is 1.53 bits per heavy atom. The van der Waals surface area contributed by atoms with E-state index in [9.17, 15) is 4.79 Å². The van der Waals surface area contributed by atoms with E-state index in [1.807, 2.05) is 0 Å². The molecule has 0 fully saturated rings. The molecule has 2 aromatic heterocycles. The summed E-state index contributed by atoms with van der Waals surface area (Å²) in [5, 5.41) is 21.1. The summed E-state index contributed by atoms with van der Waals surface area (Å²) in [4.78, 5) is 18.2. The lowest BCUT2D eigenvalue weighted by molar-refractivity contribution is 0.0684. The zero-order chi connectivity index (χ0) is 10.8. The Balaban J connectivity index is 2.47. The molecule has 2 N–H and O–H groups in total. The number of hydrogen-bond acceptors (Lipinski definition) is 5. The van der Waals surface area contributed by atoms with Crippen LogP contribution in [0.4, 0.5) is 0 Å². The fourth-order valence-corrected chi connectivity index (χ4v) is 1.17. The highest BCUT2D eigenvalue weighted by Crippen LogP contribution is 2.02. The second-order valence-corrected chi connectivity index (χ2v) is 2.92. The van der Waals surface area contributed by atoms with Crippen LogP contribution in [0.2, 0.25) is 0 Å². The molecule has 2 aromatic rings. The monoisotopic (exact) mass is 208 g/mol. The third-order valence-electron chi connectivity index (χ3n) is 1.84.